The van der Waals surface area contributed by atoms with Gasteiger partial charge in [-0.05, 0) is 38.5 Å². The monoisotopic (exact) mass is 502 g/mol. The summed E-state index contributed by atoms with van der Waals surface area (Å²) in [5.41, 5.74) is 7.89. The molecule has 0 fully saturated rings. The van der Waals surface area contributed by atoms with Crippen molar-refractivity contribution in [3.8, 4) is 0 Å². The molecule has 5 N–H and O–H groups in total. The van der Waals surface area contributed by atoms with Crippen LogP contribution in [0.4, 0.5) is 26.7 Å². The van der Waals surface area contributed by atoms with Gasteiger partial charge in [0.15, 0.2) is 23.3 Å². The Bertz CT molecular complexity index is 1090. The highest BCUT2D eigenvalue weighted by molar-refractivity contribution is 5.96. The van der Waals surface area contributed by atoms with E-state index in [0.717, 1.165) is 5.56 Å². The number of hydrogen-bond acceptors (Lipinski definition) is 5. The molecule has 0 aliphatic rings. The fourth-order valence-electron chi connectivity index (χ4n) is 2.76. The second kappa shape index (κ2) is 11.1. The molecule has 35 heavy (non-hydrogen) atoms. The van der Waals surface area contributed by atoms with E-state index in [1.807, 2.05) is 16.2 Å². The van der Waals surface area contributed by atoms with Crippen molar-refractivity contribution < 1.29 is 41.1 Å². The van der Waals surface area contributed by atoms with E-state index < -0.39 is 70.6 Å². The Morgan fingerprint density at radius 2 is 1.40 bits per heavy atom. The number of halogens is 5. The molecule has 0 heterocycles. The summed E-state index contributed by atoms with van der Waals surface area (Å²) in [4.78, 5) is 37.0. The first kappa shape index (κ1) is 27.5. The van der Waals surface area contributed by atoms with Gasteiger partial charge in [0.2, 0.25) is 5.82 Å². The number of carbonyl (C=O) groups excluding carboxylic acids is 3. The van der Waals surface area contributed by atoms with Crippen LogP contribution in [-0.4, -0.2) is 29.6 Å². The average molecular weight is 502 g/mol. The third kappa shape index (κ3) is 7.12. The van der Waals surface area contributed by atoms with E-state index in [-0.39, 0.29) is 12.1 Å². The summed E-state index contributed by atoms with van der Waals surface area (Å²) in [7, 11) is 0. The van der Waals surface area contributed by atoms with Gasteiger partial charge in [-0.15, -0.1) is 0 Å². The minimum atomic E-state index is -2.38. The van der Waals surface area contributed by atoms with Gasteiger partial charge in [0.25, 0.3) is 11.8 Å². The van der Waals surface area contributed by atoms with Crippen molar-refractivity contribution in [1.29, 1.82) is 0 Å². The second-order valence-electron chi connectivity index (χ2n) is 8.30. The number of ether oxygens (including phenoxy) is 1. The van der Waals surface area contributed by atoms with Gasteiger partial charge in [-0.1, -0.05) is 12.1 Å². The van der Waals surface area contributed by atoms with Gasteiger partial charge in [0, 0.05) is 24.1 Å². The van der Waals surface area contributed by atoms with Crippen LogP contribution in [0.1, 0.15) is 42.3 Å². The van der Waals surface area contributed by atoms with Crippen molar-refractivity contribution in [2.45, 2.75) is 45.4 Å². The highest BCUT2D eigenvalue weighted by Gasteiger charge is 2.31. The van der Waals surface area contributed by atoms with Crippen LogP contribution in [-0.2, 0) is 22.5 Å². The fraction of sp³-hybridized carbons (Fsp3) is 0.318. The second-order valence-corrected chi connectivity index (χ2v) is 8.30. The van der Waals surface area contributed by atoms with Crippen LogP contribution >= 0.6 is 0 Å². The van der Waals surface area contributed by atoms with Gasteiger partial charge >= 0.3 is 6.09 Å². The standard InChI is InChI=1S/C22H23F5N4O4/c1-22(2,3)35-21(34)29-13(8-12-14(23)16(25)18(27)17(26)15(12)24)20(33)31-30-19(32)11-6-4-10(9-28)5-7-11/h4-7,13H,8-9,28H2,1-3H3,(H,29,34)(H,30,32)(H,31,33). The van der Waals surface area contributed by atoms with E-state index in [1.54, 1.807) is 12.1 Å². The molecule has 0 aliphatic carbocycles. The first-order valence-corrected chi connectivity index (χ1v) is 10.1. The Morgan fingerprint density at radius 3 is 1.89 bits per heavy atom. The largest absolute Gasteiger partial charge is 0.444 e. The predicted molar refractivity (Wildman–Crippen MR) is 113 cm³/mol. The average Bonchev–Trinajstić information content (AvgIpc) is 2.80. The van der Waals surface area contributed by atoms with Crippen molar-refractivity contribution in [3.63, 3.8) is 0 Å². The molecule has 2 aromatic rings. The number of nitrogens with two attached hydrogens (primary N) is 1. The molecule has 3 amide bonds. The molecule has 0 radical (unpaired) electrons. The Labute approximate surface area is 197 Å². The molecule has 0 aliphatic heterocycles. The number of nitrogens with one attached hydrogen (secondary N) is 3. The highest BCUT2D eigenvalue weighted by atomic mass is 19.2. The molecular weight excluding hydrogens is 479 g/mol. The molecule has 0 bridgehead atoms. The number of amides is 3. The molecule has 0 spiro atoms. The molecule has 1 unspecified atom stereocenters. The van der Waals surface area contributed by atoms with E-state index in [1.165, 1.54) is 32.9 Å². The molecule has 190 valence electrons. The number of alkyl carbamates (subject to hydrolysis) is 1. The molecular formula is C22H23F5N4O4. The molecule has 8 nitrogen and oxygen atoms in total. The Kier molecular flexibility index (Phi) is 8.74. The molecule has 2 aromatic carbocycles. The van der Waals surface area contributed by atoms with Crippen LogP contribution in [0.25, 0.3) is 0 Å². The van der Waals surface area contributed by atoms with E-state index >= 15 is 0 Å². The van der Waals surface area contributed by atoms with E-state index in [4.69, 9.17) is 10.5 Å². The molecule has 0 aromatic heterocycles. The van der Waals surface area contributed by atoms with Gasteiger partial charge in [-0.25, -0.2) is 26.7 Å². The van der Waals surface area contributed by atoms with Crippen molar-refractivity contribution >= 4 is 17.9 Å². The number of hydrogen-bond donors (Lipinski definition) is 4. The number of carbonyl (C=O) groups is 3. The van der Waals surface area contributed by atoms with E-state index in [0.29, 0.717) is 0 Å². The maximum Gasteiger partial charge on any atom is 0.408 e. The summed E-state index contributed by atoms with van der Waals surface area (Å²) in [6.45, 7) is 4.69. The zero-order valence-corrected chi connectivity index (χ0v) is 18.9. The lowest BCUT2D eigenvalue weighted by molar-refractivity contribution is -0.124. The maximum absolute atomic E-state index is 14.2. The van der Waals surface area contributed by atoms with Gasteiger partial charge < -0.3 is 15.8 Å². The lowest BCUT2D eigenvalue weighted by atomic mass is 10.0. The van der Waals surface area contributed by atoms with Crippen LogP contribution in [0.3, 0.4) is 0 Å². The van der Waals surface area contributed by atoms with Crippen LogP contribution in [0.5, 0.6) is 0 Å². The lowest BCUT2D eigenvalue weighted by Crippen LogP contribution is -2.54. The summed E-state index contributed by atoms with van der Waals surface area (Å²) in [5, 5.41) is 2.00. The molecule has 0 saturated heterocycles. The SMILES string of the molecule is CC(C)(C)OC(=O)NC(Cc1c(F)c(F)c(F)c(F)c1F)C(=O)NNC(=O)c1ccc(CN)cc1. The van der Waals surface area contributed by atoms with Crippen LogP contribution in [0, 0.1) is 29.1 Å². The first-order chi connectivity index (χ1) is 16.2. The topological polar surface area (TPSA) is 123 Å². The Hall–Kier alpha value is -3.74. The third-order valence-corrected chi connectivity index (χ3v) is 4.47. The smallest absolute Gasteiger partial charge is 0.408 e. The minimum absolute atomic E-state index is 0.110. The Morgan fingerprint density at radius 1 is 0.886 bits per heavy atom. The lowest BCUT2D eigenvalue weighted by Gasteiger charge is -2.23. The summed E-state index contributed by atoms with van der Waals surface area (Å²) in [6, 6.07) is 4.04. The van der Waals surface area contributed by atoms with Gasteiger partial charge in [-0.2, -0.15) is 0 Å². The summed E-state index contributed by atoms with van der Waals surface area (Å²) < 4.78 is 73.8. The van der Waals surface area contributed by atoms with Gasteiger partial charge in [0.05, 0.1) is 0 Å². The number of hydrazine groups is 1. The van der Waals surface area contributed by atoms with Crippen LogP contribution in [0.2, 0.25) is 0 Å². The van der Waals surface area contributed by atoms with Crippen molar-refractivity contribution in [2.24, 2.45) is 5.73 Å². The summed E-state index contributed by atoms with van der Waals surface area (Å²) in [6.07, 6.45) is -2.37. The fourth-order valence-corrected chi connectivity index (χ4v) is 2.76. The number of benzene rings is 2. The molecule has 0 saturated carbocycles. The first-order valence-electron chi connectivity index (χ1n) is 10.1. The quantitative estimate of drug-likeness (QED) is 0.209. The van der Waals surface area contributed by atoms with Gasteiger partial charge in [0.1, 0.15) is 11.6 Å². The van der Waals surface area contributed by atoms with Crippen molar-refractivity contribution in [2.75, 3.05) is 0 Å². The van der Waals surface area contributed by atoms with E-state index in [2.05, 4.69) is 0 Å². The highest BCUT2D eigenvalue weighted by Crippen LogP contribution is 2.24. The van der Waals surface area contributed by atoms with E-state index in [9.17, 15) is 36.3 Å². The zero-order chi connectivity index (χ0) is 26.5. The van der Waals surface area contributed by atoms with Crippen LogP contribution < -0.4 is 21.9 Å². The van der Waals surface area contributed by atoms with Crippen molar-refractivity contribution in [1.82, 2.24) is 16.2 Å². The predicted octanol–water partition coefficient (Wildman–Crippen LogP) is 2.74. The maximum atomic E-state index is 14.2. The summed E-state index contributed by atoms with van der Waals surface area (Å²) >= 11 is 0. The van der Waals surface area contributed by atoms with Crippen molar-refractivity contribution in [3.05, 3.63) is 70.0 Å². The van der Waals surface area contributed by atoms with Gasteiger partial charge in [-0.3, -0.25) is 20.4 Å². The molecule has 13 heteroatoms. The normalized spacial score (nSPS) is 12.0. The Balaban J connectivity index is 2.26. The molecule has 2 rings (SSSR count). The molecule has 1 atom stereocenters. The summed E-state index contributed by atoms with van der Waals surface area (Å²) in [5.74, 6) is -13.2. The number of rotatable bonds is 6. The van der Waals surface area contributed by atoms with Crippen LogP contribution in [0.15, 0.2) is 24.3 Å². The third-order valence-electron chi connectivity index (χ3n) is 4.47. The minimum Gasteiger partial charge on any atom is -0.444 e. The zero-order valence-electron chi connectivity index (χ0n) is 18.9.